The van der Waals surface area contributed by atoms with Crippen molar-refractivity contribution in [3.05, 3.63) is 11.8 Å². The number of halogens is 3. The molecule has 0 spiro atoms. The molecule has 0 N–H and O–H groups in total. The number of carbonyl (C=O) groups is 2. The minimum absolute atomic E-state index is 0.182. The van der Waals surface area contributed by atoms with Crippen molar-refractivity contribution in [3.63, 3.8) is 0 Å². The number of hydrogen-bond acceptors (Lipinski definition) is 4. The number of nitrogens with zero attached hydrogens (tertiary/aromatic N) is 4. The zero-order valence-electron chi connectivity index (χ0n) is 11.3. The fraction of sp³-hybridized carbons (Fsp3) is 0.545. The van der Waals surface area contributed by atoms with E-state index in [9.17, 15) is 22.8 Å². The summed E-state index contributed by atoms with van der Waals surface area (Å²) < 4.78 is 43.5. The summed E-state index contributed by atoms with van der Waals surface area (Å²) in [6.45, 7) is 0.211. The first-order valence-electron chi connectivity index (χ1n) is 5.97. The minimum atomic E-state index is -4.64. The highest BCUT2D eigenvalue weighted by molar-refractivity contribution is 6.19. The largest absolute Gasteiger partial charge is 0.435 e. The van der Waals surface area contributed by atoms with Crippen LogP contribution < -0.4 is 4.90 Å². The maximum atomic E-state index is 12.6. The van der Waals surface area contributed by atoms with Gasteiger partial charge < -0.3 is 9.64 Å². The Labute approximate surface area is 117 Å². The Balaban J connectivity index is 2.28. The van der Waals surface area contributed by atoms with E-state index < -0.39 is 23.8 Å². The standard InChI is InChI=1S/C11H13F3N4O3/c1-16-8(5-7(15-16)11(12,13)14)18-9(19)6-17(10(18)20)3-4-21-2/h5H,3-4,6H2,1-2H3. The maximum Gasteiger partial charge on any atom is 0.435 e. The molecule has 116 valence electrons. The van der Waals surface area contributed by atoms with Crippen LogP contribution in [0.25, 0.3) is 0 Å². The molecule has 0 bridgehead atoms. The van der Waals surface area contributed by atoms with Crippen LogP contribution in [0.3, 0.4) is 0 Å². The Morgan fingerprint density at radius 1 is 1.38 bits per heavy atom. The normalized spacial score (nSPS) is 16.2. The summed E-state index contributed by atoms with van der Waals surface area (Å²) in [5.74, 6) is -0.815. The molecule has 2 rings (SSSR count). The second-order valence-corrected chi connectivity index (χ2v) is 4.44. The third kappa shape index (κ3) is 2.84. The average Bonchev–Trinajstić information content (AvgIpc) is 2.88. The van der Waals surface area contributed by atoms with E-state index in [1.807, 2.05) is 0 Å². The zero-order chi connectivity index (χ0) is 15.8. The van der Waals surface area contributed by atoms with Crippen molar-refractivity contribution in [2.75, 3.05) is 31.7 Å². The van der Waals surface area contributed by atoms with Crippen molar-refractivity contribution in [1.82, 2.24) is 14.7 Å². The topological polar surface area (TPSA) is 67.7 Å². The van der Waals surface area contributed by atoms with E-state index in [0.29, 0.717) is 11.0 Å². The van der Waals surface area contributed by atoms with E-state index in [4.69, 9.17) is 4.74 Å². The number of methoxy groups -OCH3 is 1. The molecule has 1 fully saturated rings. The minimum Gasteiger partial charge on any atom is -0.383 e. The lowest BCUT2D eigenvalue weighted by Gasteiger charge is -2.16. The molecular weight excluding hydrogens is 293 g/mol. The average molecular weight is 306 g/mol. The first kappa shape index (κ1) is 15.3. The zero-order valence-corrected chi connectivity index (χ0v) is 11.3. The highest BCUT2D eigenvalue weighted by Gasteiger charge is 2.41. The van der Waals surface area contributed by atoms with Gasteiger partial charge in [-0.25, -0.2) is 9.69 Å². The van der Waals surface area contributed by atoms with E-state index in [-0.39, 0.29) is 25.5 Å². The molecule has 10 heteroatoms. The number of anilines is 1. The number of amides is 3. The molecule has 0 atom stereocenters. The van der Waals surface area contributed by atoms with Gasteiger partial charge in [-0.1, -0.05) is 0 Å². The molecule has 1 aliphatic heterocycles. The molecule has 0 aromatic carbocycles. The van der Waals surface area contributed by atoms with Gasteiger partial charge >= 0.3 is 12.2 Å². The molecule has 2 heterocycles. The van der Waals surface area contributed by atoms with E-state index >= 15 is 0 Å². The first-order valence-corrected chi connectivity index (χ1v) is 5.97. The van der Waals surface area contributed by atoms with Crippen LogP contribution in [-0.2, 0) is 22.8 Å². The van der Waals surface area contributed by atoms with Gasteiger partial charge in [-0.05, 0) is 0 Å². The number of hydrogen-bond donors (Lipinski definition) is 0. The van der Waals surface area contributed by atoms with Crippen molar-refractivity contribution in [1.29, 1.82) is 0 Å². The van der Waals surface area contributed by atoms with Crippen molar-refractivity contribution >= 4 is 17.8 Å². The number of ether oxygens (including phenoxy) is 1. The lowest BCUT2D eigenvalue weighted by Crippen LogP contribution is -2.35. The Hall–Kier alpha value is -2.10. The second kappa shape index (κ2) is 5.35. The summed E-state index contributed by atoms with van der Waals surface area (Å²) in [5, 5.41) is 3.28. The van der Waals surface area contributed by atoms with E-state index in [0.717, 1.165) is 4.68 Å². The fourth-order valence-corrected chi connectivity index (χ4v) is 1.96. The van der Waals surface area contributed by atoms with Gasteiger partial charge in [0.05, 0.1) is 6.61 Å². The van der Waals surface area contributed by atoms with Gasteiger partial charge in [-0.2, -0.15) is 18.3 Å². The number of urea groups is 1. The van der Waals surface area contributed by atoms with Gasteiger partial charge in [-0.15, -0.1) is 0 Å². The number of aryl methyl sites for hydroxylation is 1. The number of carbonyl (C=O) groups excluding carboxylic acids is 2. The Morgan fingerprint density at radius 2 is 2.05 bits per heavy atom. The van der Waals surface area contributed by atoms with E-state index in [1.165, 1.54) is 19.1 Å². The van der Waals surface area contributed by atoms with Crippen LogP contribution in [-0.4, -0.2) is 53.4 Å². The molecule has 1 aromatic heterocycles. The van der Waals surface area contributed by atoms with Crippen LogP contribution in [0.2, 0.25) is 0 Å². The highest BCUT2D eigenvalue weighted by atomic mass is 19.4. The molecule has 0 saturated carbocycles. The Bertz CT molecular complexity index is 570. The molecule has 1 saturated heterocycles. The number of alkyl halides is 3. The van der Waals surface area contributed by atoms with Crippen LogP contribution in [0, 0.1) is 0 Å². The predicted octanol–water partition coefficient (Wildman–Crippen LogP) is 0.854. The molecule has 1 aliphatic rings. The van der Waals surface area contributed by atoms with Gasteiger partial charge in [-0.3, -0.25) is 9.48 Å². The quantitative estimate of drug-likeness (QED) is 0.774. The van der Waals surface area contributed by atoms with Crippen molar-refractivity contribution < 1.29 is 27.5 Å². The fourth-order valence-electron chi connectivity index (χ4n) is 1.96. The van der Waals surface area contributed by atoms with Gasteiger partial charge in [0.25, 0.3) is 5.91 Å². The van der Waals surface area contributed by atoms with Crippen molar-refractivity contribution in [3.8, 4) is 0 Å². The van der Waals surface area contributed by atoms with Crippen LogP contribution >= 0.6 is 0 Å². The molecule has 0 unspecified atom stereocenters. The highest BCUT2D eigenvalue weighted by Crippen LogP contribution is 2.31. The summed E-state index contributed by atoms with van der Waals surface area (Å²) in [6.07, 6.45) is -4.64. The predicted molar refractivity (Wildman–Crippen MR) is 64.5 cm³/mol. The lowest BCUT2D eigenvalue weighted by molar-refractivity contribution is -0.141. The van der Waals surface area contributed by atoms with Gasteiger partial charge in [0.2, 0.25) is 0 Å². The molecule has 0 radical (unpaired) electrons. The Morgan fingerprint density at radius 3 is 2.57 bits per heavy atom. The summed E-state index contributed by atoms with van der Waals surface area (Å²) >= 11 is 0. The van der Waals surface area contributed by atoms with Crippen LogP contribution in [0.5, 0.6) is 0 Å². The lowest BCUT2D eigenvalue weighted by atomic mass is 10.4. The van der Waals surface area contributed by atoms with E-state index in [1.54, 1.807) is 0 Å². The van der Waals surface area contributed by atoms with Crippen molar-refractivity contribution in [2.24, 2.45) is 7.05 Å². The third-order valence-corrected chi connectivity index (χ3v) is 2.98. The molecule has 1 aromatic rings. The van der Waals surface area contributed by atoms with E-state index in [2.05, 4.69) is 5.10 Å². The third-order valence-electron chi connectivity index (χ3n) is 2.98. The number of imide groups is 1. The number of rotatable bonds is 4. The van der Waals surface area contributed by atoms with Gasteiger partial charge in [0.1, 0.15) is 12.4 Å². The molecular formula is C11H13F3N4O3. The van der Waals surface area contributed by atoms with Gasteiger partial charge in [0.15, 0.2) is 5.69 Å². The molecule has 0 aliphatic carbocycles. The van der Waals surface area contributed by atoms with Crippen LogP contribution in [0.4, 0.5) is 23.8 Å². The van der Waals surface area contributed by atoms with Crippen molar-refractivity contribution in [2.45, 2.75) is 6.18 Å². The monoisotopic (exact) mass is 306 g/mol. The van der Waals surface area contributed by atoms with Gasteiger partial charge in [0, 0.05) is 26.8 Å². The molecule has 7 nitrogen and oxygen atoms in total. The Kier molecular flexibility index (Phi) is 3.90. The second-order valence-electron chi connectivity index (χ2n) is 4.44. The molecule has 3 amide bonds. The SMILES string of the molecule is COCCN1CC(=O)N(c2cc(C(F)(F)F)nn2C)C1=O. The number of aromatic nitrogens is 2. The van der Waals surface area contributed by atoms with Crippen LogP contribution in [0.1, 0.15) is 5.69 Å². The summed E-state index contributed by atoms with van der Waals surface area (Å²) in [6, 6.07) is -0.0101. The van der Waals surface area contributed by atoms with Crippen LogP contribution in [0.15, 0.2) is 6.07 Å². The summed E-state index contributed by atoms with van der Waals surface area (Å²) in [4.78, 5) is 25.8. The molecule has 21 heavy (non-hydrogen) atoms. The first-order chi connectivity index (χ1) is 9.75. The summed E-state index contributed by atoms with van der Waals surface area (Å²) in [5.41, 5.74) is -1.16. The smallest absolute Gasteiger partial charge is 0.383 e. The summed E-state index contributed by atoms with van der Waals surface area (Å²) in [7, 11) is 2.68. The maximum absolute atomic E-state index is 12.6.